The van der Waals surface area contributed by atoms with Crippen molar-refractivity contribution >= 4 is 28.5 Å². The third-order valence-electron chi connectivity index (χ3n) is 4.99. The SMILES string of the molecule is Cc1ccccc1N1CCN(C(=O)CCc2nc3ccccc3[nH]2)CC1=O. The van der Waals surface area contributed by atoms with E-state index in [1.54, 1.807) is 9.80 Å². The summed E-state index contributed by atoms with van der Waals surface area (Å²) in [4.78, 5) is 36.3. The molecule has 138 valence electrons. The number of aryl methyl sites for hydroxylation is 2. The molecule has 0 radical (unpaired) electrons. The highest BCUT2D eigenvalue weighted by Gasteiger charge is 2.28. The molecule has 0 atom stereocenters. The van der Waals surface area contributed by atoms with Crippen LogP contribution < -0.4 is 4.90 Å². The van der Waals surface area contributed by atoms with Gasteiger partial charge in [0.15, 0.2) is 0 Å². The summed E-state index contributed by atoms with van der Waals surface area (Å²) in [7, 11) is 0. The van der Waals surface area contributed by atoms with E-state index >= 15 is 0 Å². The van der Waals surface area contributed by atoms with Crippen molar-refractivity contribution in [3.8, 4) is 0 Å². The van der Waals surface area contributed by atoms with Crippen LogP contribution in [0.1, 0.15) is 17.8 Å². The number of aromatic amines is 1. The van der Waals surface area contributed by atoms with Crippen molar-refractivity contribution < 1.29 is 9.59 Å². The molecule has 6 heteroatoms. The largest absolute Gasteiger partial charge is 0.342 e. The Labute approximate surface area is 157 Å². The van der Waals surface area contributed by atoms with Gasteiger partial charge in [-0.15, -0.1) is 0 Å². The van der Waals surface area contributed by atoms with Gasteiger partial charge in [0.25, 0.3) is 0 Å². The third-order valence-corrected chi connectivity index (χ3v) is 4.99. The number of carbonyl (C=O) groups excluding carboxylic acids is 2. The lowest BCUT2D eigenvalue weighted by molar-refractivity contribution is -0.136. The Balaban J connectivity index is 1.36. The molecule has 0 unspecified atom stereocenters. The number of carbonyl (C=O) groups is 2. The Kier molecular flexibility index (Phi) is 4.62. The fourth-order valence-electron chi connectivity index (χ4n) is 3.51. The zero-order valence-electron chi connectivity index (χ0n) is 15.3. The number of amides is 2. The van der Waals surface area contributed by atoms with Gasteiger partial charge in [-0.25, -0.2) is 4.98 Å². The van der Waals surface area contributed by atoms with Crippen LogP contribution in [0.5, 0.6) is 0 Å². The molecule has 1 aromatic heterocycles. The number of hydrogen-bond acceptors (Lipinski definition) is 3. The molecule has 1 aliphatic heterocycles. The Hall–Kier alpha value is -3.15. The van der Waals surface area contributed by atoms with E-state index in [9.17, 15) is 9.59 Å². The predicted molar refractivity (Wildman–Crippen MR) is 105 cm³/mol. The smallest absolute Gasteiger partial charge is 0.246 e. The van der Waals surface area contributed by atoms with Gasteiger partial charge in [0.1, 0.15) is 12.4 Å². The lowest BCUT2D eigenvalue weighted by atomic mass is 10.1. The van der Waals surface area contributed by atoms with Crippen molar-refractivity contribution in [1.29, 1.82) is 0 Å². The van der Waals surface area contributed by atoms with Gasteiger partial charge >= 0.3 is 0 Å². The number of fused-ring (bicyclic) bond motifs is 1. The van der Waals surface area contributed by atoms with Crippen molar-refractivity contribution in [3.63, 3.8) is 0 Å². The second-order valence-corrected chi connectivity index (χ2v) is 6.85. The highest BCUT2D eigenvalue weighted by atomic mass is 16.2. The molecule has 3 aromatic rings. The van der Waals surface area contributed by atoms with E-state index in [4.69, 9.17) is 0 Å². The minimum absolute atomic E-state index is 0.00626. The van der Waals surface area contributed by atoms with E-state index in [1.165, 1.54) is 0 Å². The summed E-state index contributed by atoms with van der Waals surface area (Å²) in [6, 6.07) is 15.6. The minimum atomic E-state index is -0.0346. The number of rotatable bonds is 4. The number of piperazine rings is 1. The number of nitrogens with one attached hydrogen (secondary N) is 1. The molecular formula is C21H22N4O2. The van der Waals surface area contributed by atoms with Gasteiger partial charge in [0.2, 0.25) is 11.8 Å². The predicted octanol–water partition coefficient (Wildman–Crippen LogP) is 2.68. The number of imidazole rings is 1. The maximum atomic E-state index is 12.6. The Morgan fingerprint density at radius 3 is 2.67 bits per heavy atom. The van der Waals surface area contributed by atoms with Crippen molar-refractivity contribution in [1.82, 2.24) is 14.9 Å². The van der Waals surface area contributed by atoms with Gasteiger partial charge < -0.3 is 14.8 Å². The van der Waals surface area contributed by atoms with Crippen LogP contribution in [0.4, 0.5) is 5.69 Å². The summed E-state index contributed by atoms with van der Waals surface area (Å²) >= 11 is 0. The third kappa shape index (κ3) is 3.56. The molecule has 1 saturated heterocycles. The summed E-state index contributed by atoms with van der Waals surface area (Å²) in [5.74, 6) is 0.760. The van der Waals surface area contributed by atoms with Crippen LogP contribution in [0.25, 0.3) is 11.0 Å². The van der Waals surface area contributed by atoms with E-state index in [2.05, 4.69) is 9.97 Å². The monoisotopic (exact) mass is 362 g/mol. The number of aromatic nitrogens is 2. The molecule has 2 aromatic carbocycles. The minimum Gasteiger partial charge on any atom is -0.342 e. The highest BCUT2D eigenvalue weighted by Crippen LogP contribution is 2.22. The molecule has 4 rings (SSSR count). The van der Waals surface area contributed by atoms with E-state index in [0.717, 1.165) is 28.1 Å². The number of anilines is 1. The maximum absolute atomic E-state index is 12.6. The van der Waals surface area contributed by atoms with Gasteiger partial charge in [-0.1, -0.05) is 30.3 Å². The van der Waals surface area contributed by atoms with E-state index in [-0.39, 0.29) is 18.4 Å². The summed E-state index contributed by atoms with van der Waals surface area (Å²) in [6.07, 6.45) is 0.886. The van der Waals surface area contributed by atoms with E-state index in [1.807, 2.05) is 55.5 Å². The van der Waals surface area contributed by atoms with Crippen LogP contribution in [-0.4, -0.2) is 46.3 Å². The van der Waals surface area contributed by atoms with Gasteiger partial charge in [-0.05, 0) is 30.7 Å². The normalized spacial score (nSPS) is 14.8. The summed E-state index contributed by atoms with van der Waals surface area (Å²) in [5, 5.41) is 0. The van der Waals surface area contributed by atoms with Crippen LogP contribution in [0.15, 0.2) is 48.5 Å². The molecule has 0 aliphatic carbocycles. The van der Waals surface area contributed by atoms with Gasteiger partial charge in [0, 0.05) is 31.6 Å². The van der Waals surface area contributed by atoms with Gasteiger partial charge in [-0.2, -0.15) is 0 Å². The van der Waals surface area contributed by atoms with E-state index in [0.29, 0.717) is 25.9 Å². The first kappa shape index (κ1) is 17.3. The molecule has 2 heterocycles. The maximum Gasteiger partial charge on any atom is 0.246 e. The fourth-order valence-corrected chi connectivity index (χ4v) is 3.51. The zero-order valence-corrected chi connectivity index (χ0v) is 15.3. The first-order chi connectivity index (χ1) is 13.1. The lowest BCUT2D eigenvalue weighted by Gasteiger charge is -2.35. The Morgan fingerprint density at radius 1 is 1.11 bits per heavy atom. The first-order valence-electron chi connectivity index (χ1n) is 9.19. The molecule has 0 spiro atoms. The standard InChI is InChI=1S/C21H22N4O2/c1-15-6-2-5-9-18(15)25-13-12-24(14-21(25)27)20(26)11-10-19-22-16-7-3-4-8-17(16)23-19/h2-9H,10-14H2,1H3,(H,22,23). The Bertz CT molecular complexity index is 962. The quantitative estimate of drug-likeness (QED) is 0.776. The average molecular weight is 362 g/mol. The van der Waals surface area contributed by atoms with Crippen molar-refractivity contribution in [2.75, 3.05) is 24.5 Å². The molecular weight excluding hydrogens is 340 g/mol. The molecule has 27 heavy (non-hydrogen) atoms. The topological polar surface area (TPSA) is 69.3 Å². The second-order valence-electron chi connectivity index (χ2n) is 6.85. The van der Waals surface area contributed by atoms with Crippen LogP contribution in [0.3, 0.4) is 0 Å². The average Bonchev–Trinajstić information content (AvgIpc) is 3.10. The van der Waals surface area contributed by atoms with E-state index < -0.39 is 0 Å². The molecule has 2 amide bonds. The molecule has 0 saturated carbocycles. The molecule has 1 fully saturated rings. The number of para-hydroxylation sites is 3. The number of hydrogen-bond donors (Lipinski definition) is 1. The van der Waals surface area contributed by atoms with Crippen LogP contribution in [0, 0.1) is 6.92 Å². The molecule has 6 nitrogen and oxygen atoms in total. The zero-order chi connectivity index (χ0) is 18.8. The summed E-state index contributed by atoms with van der Waals surface area (Å²) in [6.45, 7) is 3.21. The van der Waals surface area contributed by atoms with Crippen LogP contribution in [-0.2, 0) is 16.0 Å². The number of H-pyrrole nitrogens is 1. The second kappa shape index (κ2) is 7.23. The van der Waals surface area contributed by atoms with Crippen molar-refractivity contribution in [2.24, 2.45) is 0 Å². The fraction of sp³-hybridized carbons (Fsp3) is 0.286. The van der Waals surface area contributed by atoms with Gasteiger partial charge in [0.05, 0.1) is 11.0 Å². The molecule has 0 bridgehead atoms. The first-order valence-corrected chi connectivity index (χ1v) is 9.19. The van der Waals surface area contributed by atoms with Crippen LogP contribution in [0.2, 0.25) is 0 Å². The van der Waals surface area contributed by atoms with Crippen molar-refractivity contribution in [3.05, 3.63) is 59.9 Å². The number of benzene rings is 2. The molecule has 1 N–H and O–H groups in total. The van der Waals surface area contributed by atoms with Gasteiger partial charge in [-0.3, -0.25) is 9.59 Å². The van der Waals surface area contributed by atoms with Crippen LogP contribution >= 0.6 is 0 Å². The summed E-state index contributed by atoms with van der Waals surface area (Å²) in [5.41, 5.74) is 3.87. The molecule has 1 aliphatic rings. The van der Waals surface area contributed by atoms with Crippen molar-refractivity contribution in [2.45, 2.75) is 19.8 Å². The highest BCUT2D eigenvalue weighted by molar-refractivity contribution is 5.98. The summed E-state index contributed by atoms with van der Waals surface area (Å²) < 4.78 is 0. The lowest BCUT2D eigenvalue weighted by Crippen LogP contribution is -2.52. The Morgan fingerprint density at radius 2 is 1.89 bits per heavy atom. The number of nitrogens with zero attached hydrogens (tertiary/aromatic N) is 3.